The van der Waals surface area contributed by atoms with E-state index in [1.807, 2.05) is 13.8 Å². The molecule has 5 nitrogen and oxygen atoms in total. The van der Waals surface area contributed by atoms with Crippen LogP contribution in [-0.2, 0) is 11.3 Å². The van der Waals surface area contributed by atoms with Crippen LogP contribution >= 0.6 is 12.2 Å². The minimum atomic E-state index is -0.400. The third-order valence-electron chi connectivity index (χ3n) is 2.52. The normalized spacial score (nSPS) is 11.9. The number of rotatable bonds is 6. The topological polar surface area (TPSA) is 80.9 Å². The Morgan fingerprint density at radius 3 is 2.72 bits per heavy atom. The van der Waals surface area contributed by atoms with Gasteiger partial charge in [0.15, 0.2) is 0 Å². The van der Waals surface area contributed by atoms with Crippen molar-refractivity contribution < 1.29 is 4.79 Å². The van der Waals surface area contributed by atoms with Crippen LogP contribution in [0.1, 0.15) is 31.2 Å². The maximum atomic E-state index is 11.9. The molecule has 1 heterocycles. The van der Waals surface area contributed by atoms with Crippen LogP contribution in [0.2, 0.25) is 0 Å². The van der Waals surface area contributed by atoms with Crippen LogP contribution in [0.4, 0.5) is 0 Å². The second kappa shape index (κ2) is 7.00. The third kappa shape index (κ3) is 4.37. The predicted octanol–water partition coefficient (Wildman–Crippen LogP) is 1.10. The summed E-state index contributed by atoms with van der Waals surface area (Å²) < 4.78 is 0. The Labute approximate surface area is 112 Å². The van der Waals surface area contributed by atoms with E-state index in [0.29, 0.717) is 18.7 Å². The van der Waals surface area contributed by atoms with E-state index in [0.717, 1.165) is 12.1 Å². The van der Waals surface area contributed by atoms with Crippen molar-refractivity contribution in [3.63, 3.8) is 0 Å². The number of hydrogen-bond donors (Lipinski definition) is 2. The monoisotopic (exact) mass is 266 g/mol. The molecular weight excluding hydrogens is 248 g/mol. The lowest BCUT2D eigenvalue weighted by molar-refractivity contribution is -0.123. The highest BCUT2D eigenvalue weighted by Crippen LogP contribution is 2.07. The number of hydrogen-bond acceptors (Lipinski definition) is 4. The molecule has 1 aromatic rings. The van der Waals surface area contributed by atoms with Crippen molar-refractivity contribution in [2.24, 2.45) is 11.7 Å². The second-order valence-corrected chi connectivity index (χ2v) is 4.58. The quantitative estimate of drug-likeness (QED) is 0.754. The molecule has 98 valence electrons. The fraction of sp³-hybridized carbons (Fsp3) is 0.500. The largest absolute Gasteiger partial charge is 0.393 e. The average Bonchev–Trinajstić information content (AvgIpc) is 2.34. The minimum Gasteiger partial charge on any atom is -0.393 e. The van der Waals surface area contributed by atoms with E-state index >= 15 is 0 Å². The number of amides is 1. The van der Waals surface area contributed by atoms with Crippen LogP contribution in [0.15, 0.2) is 12.4 Å². The van der Waals surface area contributed by atoms with Gasteiger partial charge in [0, 0.05) is 6.20 Å². The Bertz CT molecular complexity index is 419. The summed E-state index contributed by atoms with van der Waals surface area (Å²) in [5, 5.41) is 2.78. The summed E-state index contributed by atoms with van der Waals surface area (Å²) in [7, 11) is 0. The van der Waals surface area contributed by atoms with E-state index in [1.165, 1.54) is 0 Å². The van der Waals surface area contributed by atoms with Gasteiger partial charge in [0.2, 0.25) is 5.91 Å². The van der Waals surface area contributed by atoms with Gasteiger partial charge in [-0.3, -0.25) is 14.8 Å². The van der Waals surface area contributed by atoms with E-state index in [1.54, 1.807) is 12.4 Å². The molecule has 6 heteroatoms. The van der Waals surface area contributed by atoms with Gasteiger partial charge in [-0.05, 0) is 13.3 Å². The lowest BCUT2D eigenvalue weighted by Gasteiger charge is -2.14. The molecule has 1 aromatic heterocycles. The first-order valence-corrected chi connectivity index (χ1v) is 6.30. The third-order valence-corrected chi connectivity index (χ3v) is 2.80. The Morgan fingerprint density at radius 2 is 2.22 bits per heavy atom. The zero-order valence-electron chi connectivity index (χ0n) is 10.6. The lowest BCUT2D eigenvalue weighted by Crippen LogP contribution is -2.37. The molecule has 1 rings (SSSR count). The maximum absolute atomic E-state index is 11.9. The van der Waals surface area contributed by atoms with Crippen molar-refractivity contribution in [1.29, 1.82) is 0 Å². The van der Waals surface area contributed by atoms with E-state index in [-0.39, 0.29) is 10.9 Å². The van der Waals surface area contributed by atoms with E-state index in [4.69, 9.17) is 18.0 Å². The molecule has 0 fully saturated rings. The standard InChI is InChI=1S/C12H18N4OS/c1-3-4-10(11(13)18)12(17)16-7-9-6-14-8(2)5-15-9/h5-6,10H,3-4,7H2,1-2H3,(H2,13,18)(H,16,17). The van der Waals surface area contributed by atoms with Gasteiger partial charge in [-0.1, -0.05) is 25.6 Å². The Morgan fingerprint density at radius 1 is 1.50 bits per heavy atom. The summed E-state index contributed by atoms with van der Waals surface area (Å²) in [6, 6.07) is 0. The number of aryl methyl sites for hydroxylation is 1. The number of nitrogens with zero attached hydrogens (tertiary/aromatic N) is 2. The van der Waals surface area contributed by atoms with Crippen molar-refractivity contribution in [1.82, 2.24) is 15.3 Å². The van der Waals surface area contributed by atoms with E-state index < -0.39 is 5.92 Å². The summed E-state index contributed by atoms with van der Waals surface area (Å²) in [5.41, 5.74) is 7.11. The summed E-state index contributed by atoms with van der Waals surface area (Å²) >= 11 is 4.90. The molecule has 0 saturated heterocycles. The molecule has 0 aromatic carbocycles. The van der Waals surface area contributed by atoms with Crippen molar-refractivity contribution >= 4 is 23.1 Å². The highest BCUT2D eigenvalue weighted by molar-refractivity contribution is 7.80. The van der Waals surface area contributed by atoms with Crippen molar-refractivity contribution in [2.75, 3.05) is 0 Å². The molecule has 0 aliphatic heterocycles. The first-order chi connectivity index (χ1) is 8.54. The van der Waals surface area contributed by atoms with Crippen LogP contribution in [0, 0.1) is 12.8 Å². The Balaban J connectivity index is 2.53. The Kier molecular flexibility index (Phi) is 5.64. The SMILES string of the molecule is CCCC(C(=O)NCc1cnc(C)cn1)C(N)=S. The molecule has 1 amide bonds. The molecule has 0 spiro atoms. The summed E-state index contributed by atoms with van der Waals surface area (Å²) in [5.74, 6) is -0.546. The minimum absolute atomic E-state index is 0.147. The number of thiocarbonyl (C=S) groups is 1. The van der Waals surface area contributed by atoms with Gasteiger partial charge >= 0.3 is 0 Å². The fourth-order valence-electron chi connectivity index (χ4n) is 1.50. The molecule has 18 heavy (non-hydrogen) atoms. The number of carbonyl (C=O) groups excluding carboxylic acids is 1. The van der Waals surface area contributed by atoms with Crippen LogP contribution in [-0.4, -0.2) is 20.9 Å². The van der Waals surface area contributed by atoms with Crippen LogP contribution < -0.4 is 11.1 Å². The number of aromatic nitrogens is 2. The van der Waals surface area contributed by atoms with Crippen LogP contribution in [0.25, 0.3) is 0 Å². The highest BCUT2D eigenvalue weighted by atomic mass is 32.1. The molecule has 0 bridgehead atoms. The summed E-state index contributed by atoms with van der Waals surface area (Å²) in [6.07, 6.45) is 4.84. The highest BCUT2D eigenvalue weighted by Gasteiger charge is 2.19. The summed E-state index contributed by atoms with van der Waals surface area (Å²) in [4.78, 5) is 20.4. The molecule has 3 N–H and O–H groups in total. The molecule has 1 atom stereocenters. The van der Waals surface area contributed by atoms with Gasteiger partial charge in [-0.25, -0.2) is 0 Å². The van der Waals surface area contributed by atoms with Gasteiger partial charge in [-0.15, -0.1) is 0 Å². The van der Waals surface area contributed by atoms with Gasteiger partial charge in [0.25, 0.3) is 0 Å². The maximum Gasteiger partial charge on any atom is 0.230 e. The number of carbonyl (C=O) groups is 1. The fourth-order valence-corrected chi connectivity index (χ4v) is 1.73. The van der Waals surface area contributed by atoms with Crippen LogP contribution in [0.3, 0.4) is 0 Å². The van der Waals surface area contributed by atoms with Crippen molar-refractivity contribution in [3.8, 4) is 0 Å². The zero-order chi connectivity index (χ0) is 13.5. The molecule has 1 unspecified atom stereocenters. The average molecular weight is 266 g/mol. The van der Waals surface area contributed by atoms with Gasteiger partial charge < -0.3 is 11.1 Å². The van der Waals surface area contributed by atoms with Gasteiger partial charge in [-0.2, -0.15) is 0 Å². The smallest absolute Gasteiger partial charge is 0.230 e. The second-order valence-electron chi connectivity index (χ2n) is 4.11. The molecule has 0 aliphatic carbocycles. The number of nitrogens with one attached hydrogen (secondary N) is 1. The van der Waals surface area contributed by atoms with Crippen molar-refractivity contribution in [3.05, 3.63) is 23.8 Å². The number of nitrogens with two attached hydrogens (primary N) is 1. The van der Waals surface area contributed by atoms with E-state index in [2.05, 4.69) is 15.3 Å². The van der Waals surface area contributed by atoms with Gasteiger partial charge in [0.1, 0.15) is 0 Å². The van der Waals surface area contributed by atoms with Crippen molar-refractivity contribution in [2.45, 2.75) is 33.2 Å². The lowest BCUT2D eigenvalue weighted by atomic mass is 10.0. The first kappa shape index (κ1) is 14.5. The zero-order valence-corrected chi connectivity index (χ0v) is 11.5. The van der Waals surface area contributed by atoms with E-state index in [9.17, 15) is 4.79 Å². The van der Waals surface area contributed by atoms with Crippen LogP contribution in [0.5, 0.6) is 0 Å². The Hall–Kier alpha value is -1.56. The first-order valence-electron chi connectivity index (χ1n) is 5.89. The molecule has 0 radical (unpaired) electrons. The molecule has 0 saturated carbocycles. The predicted molar refractivity (Wildman–Crippen MR) is 73.8 cm³/mol. The van der Waals surface area contributed by atoms with Gasteiger partial charge in [0.05, 0.1) is 35.0 Å². The molecular formula is C12H18N4OS. The molecule has 0 aliphatic rings. The summed E-state index contributed by atoms with van der Waals surface area (Å²) in [6.45, 7) is 4.19.